The summed E-state index contributed by atoms with van der Waals surface area (Å²) in [6, 6.07) is -1.10. The Morgan fingerprint density at radius 1 is 1.16 bits per heavy atom. The molecule has 2 rings (SSSR count). The number of hydrogen-bond donors (Lipinski definition) is 2. The van der Waals surface area contributed by atoms with E-state index in [4.69, 9.17) is 4.74 Å². The summed E-state index contributed by atoms with van der Waals surface area (Å²) in [5, 5.41) is 5.67. The van der Waals surface area contributed by atoms with Crippen LogP contribution in [0, 0.1) is 17.8 Å². The first-order valence-corrected chi connectivity index (χ1v) is 12.8. The summed E-state index contributed by atoms with van der Waals surface area (Å²) in [6.45, 7) is 6.29. The zero-order chi connectivity index (χ0) is 23.0. The molecular weight excluding hydrogens is 418 g/mol. The van der Waals surface area contributed by atoms with E-state index in [0.29, 0.717) is 24.5 Å². The van der Waals surface area contributed by atoms with E-state index in [-0.39, 0.29) is 48.8 Å². The van der Waals surface area contributed by atoms with Crippen LogP contribution >= 0.6 is 11.8 Å². The average Bonchev–Trinajstić information content (AvgIpc) is 2.97. The van der Waals surface area contributed by atoms with Crippen molar-refractivity contribution in [3.63, 3.8) is 0 Å². The molecule has 0 aromatic heterocycles. The third kappa shape index (κ3) is 6.85. The first kappa shape index (κ1) is 25.5. The van der Waals surface area contributed by atoms with Crippen LogP contribution in [0.5, 0.6) is 0 Å². The van der Waals surface area contributed by atoms with Crippen LogP contribution in [0.3, 0.4) is 0 Å². The zero-order valence-electron chi connectivity index (χ0n) is 19.1. The van der Waals surface area contributed by atoms with Crippen LogP contribution in [-0.4, -0.2) is 66.0 Å². The highest BCUT2D eigenvalue weighted by Crippen LogP contribution is 2.39. The lowest BCUT2D eigenvalue weighted by molar-refractivity contribution is -0.148. The molecule has 1 saturated carbocycles. The molecule has 0 aromatic carbocycles. The first-order chi connectivity index (χ1) is 14.8. The molecule has 0 bridgehead atoms. The maximum Gasteiger partial charge on any atom is 0.407 e. The maximum atomic E-state index is 13.1. The molecule has 2 fully saturated rings. The molecule has 1 heterocycles. The number of alkyl carbamates (subject to hydrolysis) is 1. The molecule has 2 aliphatic rings. The molecular formula is C22H37N3O5S. The van der Waals surface area contributed by atoms with Crippen LogP contribution in [-0.2, 0) is 19.1 Å². The van der Waals surface area contributed by atoms with Gasteiger partial charge in [-0.05, 0) is 50.5 Å². The van der Waals surface area contributed by atoms with Crippen molar-refractivity contribution in [2.75, 3.05) is 25.2 Å². The molecule has 0 aromatic rings. The summed E-state index contributed by atoms with van der Waals surface area (Å²) < 4.78 is 4.96. The first-order valence-electron chi connectivity index (χ1n) is 11.4. The van der Waals surface area contributed by atoms with Gasteiger partial charge in [0.05, 0.1) is 18.4 Å². The summed E-state index contributed by atoms with van der Waals surface area (Å²) in [5.41, 5.74) is 0. The number of likely N-dealkylation sites (tertiary alicyclic amines) is 1. The molecule has 4 amide bonds. The number of nitrogens with zero attached hydrogens (tertiary/aromatic N) is 1. The highest BCUT2D eigenvalue weighted by Gasteiger charge is 2.51. The Morgan fingerprint density at radius 2 is 1.77 bits per heavy atom. The second kappa shape index (κ2) is 12.3. The predicted octanol–water partition coefficient (Wildman–Crippen LogP) is 2.56. The van der Waals surface area contributed by atoms with E-state index in [1.54, 1.807) is 18.7 Å². The Kier molecular flexibility index (Phi) is 10.1. The summed E-state index contributed by atoms with van der Waals surface area (Å²) in [5.74, 6) is -0.301. The molecule has 0 radical (unpaired) electrons. The second-order valence-corrected chi connectivity index (χ2v) is 9.76. The van der Waals surface area contributed by atoms with Gasteiger partial charge in [0.2, 0.25) is 17.7 Å². The van der Waals surface area contributed by atoms with E-state index in [0.717, 1.165) is 25.7 Å². The Bertz CT molecular complexity index is 633. The number of fused-ring (bicyclic) bond motifs is 1. The van der Waals surface area contributed by atoms with Crippen molar-refractivity contribution in [2.45, 2.75) is 71.4 Å². The summed E-state index contributed by atoms with van der Waals surface area (Å²) in [6.07, 6.45) is 5.85. The number of rotatable bonds is 11. The summed E-state index contributed by atoms with van der Waals surface area (Å²) in [7, 11) is 0. The molecule has 4 atom stereocenters. The van der Waals surface area contributed by atoms with Gasteiger partial charge in [-0.3, -0.25) is 19.3 Å². The fourth-order valence-corrected chi connectivity index (χ4v) is 5.00. The molecule has 9 heteroatoms. The normalized spacial score (nSPS) is 22.8. The number of carbonyl (C=O) groups excluding carboxylic acids is 4. The van der Waals surface area contributed by atoms with Crippen LogP contribution in [0.15, 0.2) is 0 Å². The highest BCUT2D eigenvalue weighted by atomic mass is 32.2. The van der Waals surface area contributed by atoms with E-state index in [1.807, 2.05) is 20.1 Å². The van der Waals surface area contributed by atoms with Crippen molar-refractivity contribution in [1.29, 1.82) is 0 Å². The molecule has 4 unspecified atom stereocenters. The lowest BCUT2D eigenvalue weighted by Gasteiger charge is -2.27. The minimum atomic E-state index is -0.805. The highest BCUT2D eigenvalue weighted by molar-refractivity contribution is 7.98. The van der Waals surface area contributed by atoms with Gasteiger partial charge in [0.15, 0.2) is 0 Å². The lowest BCUT2D eigenvalue weighted by Crippen LogP contribution is -2.53. The number of nitrogens with one attached hydrogen (secondary N) is 2. The van der Waals surface area contributed by atoms with Gasteiger partial charge >= 0.3 is 6.09 Å². The van der Waals surface area contributed by atoms with Gasteiger partial charge in [-0.2, -0.15) is 11.8 Å². The van der Waals surface area contributed by atoms with E-state index >= 15 is 0 Å². The van der Waals surface area contributed by atoms with Crippen LogP contribution in [0.4, 0.5) is 4.79 Å². The molecule has 176 valence electrons. The van der Waals surface area contributed by atoms with Gasteiger partial charge in [-0.25, -0.2) is 4.79 Å². The maximum absolute atomic E-state index is 13.1. The molecule has 31 heavy (non-hydrogen) atoms. The van der Waals surface area contributed by atoms with E-state index in [1.165, 1.54) is 4.90 Å². The fraction of sp³-hybridized carbons (Fsp3) is 0.818. The summed E-state index contributed by atoms with van der Waals surface area (Å²) >= 11 is 1.58. The van der Waals surface area contributed by atoms with Crippen molar-refractivity contribution in [3.8, 4) is 0 Å². The molecule has 0 spiro atoms. The molecule has 1 aliphatic carbocycles. The quantitative estimate of drug-likeness (QED) is 0.464. The number of ether oxygens (including phenoxy) is 1. The van der Waals surface area contributed by atoms with Gasteiger partial charge in [0.1, 0.15) is 6.04 Å². The SMILES string of the molecule is CCOC(=O)NC(CNC(=O)C(CCSC)N1C(=O)C2CCCCC2C1=O)CC(C)C. The van der Waals surface area contributed by atoms with Crippen molar-refractivity contribution in [3.05, 3.63) is 0 Å². The van der Waals surface area contributed by atoms with Gasteiger partial charge in [0.25, 0.3) is 0 Å². The Labute approximate surface area is 189 Å². The molecule has 8 nitrogen and oxygen atoms in total. The number of thioether (sulfide) groups is 1. The number of imide groups is 1. The van der Waals surface area contributed by atoms with Crippen LogP contribution in [0.2, 0.25) is 0 Å². The van der Waals surface area contributed by atoms with Gasteiger partial charge < -0.3 is 15.4 Å². The van der Waals surface area contributed by atoms with Gasteiger partial charge in [-0.1, -0.05) is 26.7 Å². The second-order valence-electron chi connectivity index (χ2n) is 8.78. The average molecular weight is 456 g/mol. The topological polar surface area (TPSA) is 105 Å². The van der Waals surface area contributed by atoms with Crippen molar-refractivity contribution >= 4 is 35.6 Å². The Balaban J connectivity index is 2.08. The number of hydrogen-bond acceptors (Lipinski definition) is 6. The van der Waals surface area contributed by atoms with E-state index < -0.39 is 12.1 Å². The lowest BCUT2D eigenvalue weighted by atomic mass is 9.81. The number of amides is 4. The third-order valence-corrected chi connectivity index (χ3v) is 6.60. The van der Waals surface area contributed by atoms with Gasteiger partial charge in [-0.15, -0.1) is 0 Å². The zero-order valence-corrected chi connectivity index (χ0v) is 20.0. The minimum Gasteiger partial charge on any atom is -0.450 e. The fourth-order valence-electron chi connectivity index (χ4n) is 4.55. The minimum absolute atomic E-state index is 0.195. The Morgan fingerprint density at radius 3 is 2.29 bits per heavy atom. The molecule has 1 saturated heterocycles. The van der Waals surface area contributed by atoms with Crippen LogP contribution in [0.1, 0.15) is 59.3 Å². The molecule has 1 aliphatic heterocycles. The van der Waals surface area contributed by atoms with Crippen LogP contribution in [0.25, 0.3) is 0 Å². The van der Waals surface area contributed by atoms with Crippen molar-refractivity contribution in [2.24, 2.45) is 17.8 Å². The van der Waals surface area contributed by atoms with Crippen LogP contribution < -0.4 is 10.6 Å². The van der Waals surface area contributed by atoms with Gasteiger partial charge in [0, 0.05) is 12.6 Å². The van der Waals surface area contributed by atoms with Crippen molar-refractivity contribution < 1.29 is 23.9 Å². The number of carbonyl (C=O) groups is 4. The largest absolute Gasteiger partial charge is 0.450 e. The standard InChI is InChI=1S/C22H37N3O5S/c1-5-30-22(29)24-15(12-14(2)3)13-23-19(26)18(10-11-31-4)25-20(27)16-8-6-7-9-17(16)21(25)28/h14-18H,5-13H2,1-4H3,(H,23,26)(H,24,29). The van der Waals surface area contributed by atoms with Crippen molar-refractivity contribution in [1.82, 2.24) is 15.5 Å². The third-order valence-electron chi connectivity index (χ3n) is 5.96. The molecule has 2 N–H and O–H groups in total. The monoisotopic (exact) mass is 455 g/mol. The predicted molar refractivity (Wildman–Crippen MR) is 120 cm³/mol. The summed E-state index contributed by atoms with van der Waals surface area (Å²) in [4.78, 5) is 52.2. The van der Waals surface area contributed by atoms with E-state index in [9.17, 15) is 19.2 Å². The smallest absolute Gasteiger partial charge is 0.407 e. The van der Waals surface area contributed by atoms with E-state index in [2.05, 4.69) is 10.6 Å². The Hall–Kier alpha value is -1.77.